The number of nitrogens with one attached hydrogen (secondary N) is 1. The van der Waals surface area contributed by atoms with Gasteiger partial charge in [-0.2, -0.15) is 0 Å². The minimum absolute atomic E-state index is 0. The maximum atomic E-state index is 5.65. The number of nitrogens with zero attached hydrogens (tertiary/aromatic N) is 2. The Morgan fingerprint density at radius 3 is 2.41 bits per heavy atom. The van der Waals surface area contributed by atoms with E-state index in [2.05, 4.69) is 41.3 Å². The maximum Gasteiger partial charge on any atom is 0.193 e. The SMILES string of the molecule is CCCCN(C)C(=NC)NCc1ccc(OC(C)C)cc1.I. The first-order valence-electron chi connectivity index (χ1n) is 7.74. The molecule has 0 fully saturated rings. The van der Waals surface area contributed by atoms with E-state index in [1.165, 1.54) is 18.4 Å². The Bertz CT molecular complexity index is 432. The van der Waals surface area contributed by atoms with Crippen molar-refractivity contribution >= 4 is 29.9 Å². The zero-order chi connectivity index (χ0) is 15.7. The van der Waals surface area contributed by atoms with Crippen molar-refractivity contribution in [1.29, 1.82) is 0 Å². The Labute approximate surface area is 152 Å². The molecule has 1 rings (SSSR count). The molecule has 22 heavy (non-hydrogen) atoms. The predicted molar refractivity (Wildman–Crippen MR) is 105 cm³/mol. The second-order valence-corrected chi connectivity index (χ2v) is 5.49. The molecule has 1 aromatic rings. The average molecular weight is 419 g/mol. The standard InChI is InChI=1S/C17H29N3O.HI/c1-6-7-12-20(5)17(18-4)19-13-15-8-10-16(11-9-15)21-14(2)3;/h8-11,14H,6-7,12-13H2,1-5H3,(H,18,19);1H. The van der Waals surface area contributed by atoms with Gasteiger partial charge in [0.05, 0.1) is 6.10 Å². The quantitative estimate of drug-likeness (QED) is 0.414. The van der Waals surface area contributed by atoms with Crippen molar-refractivity contribution in [2.75, 3.05) is 20.6 Å². The zero-order valence-corrected chi connectivity index (χ0v) is 16.8. The minimum atomic E-state index is 0. The van der Waals surface area contributed by atoms with Crippen molar-refractivity contribution in [3.63, 3.8) is 0 Å². The summed E-state index contributed by atoms with van der Waals surface area (Å²) in [6, 6.07) is 8.20. The molecule has 0 aliphatic rings. The van der Waals surface area contributed by atoms with E-state index in [4.69, 9.17) is 4.74 Å². The fraction of sp³-hybridized carbons (Fsp3) is 0.588. The molecule has 0 amide bonds. The van der Waals surface area contributed by atoms with E-state index < -0.39 is 0 Å². The first-order valence-corrected chi connectivity index (χ1v) is 7.74. The second kappa shape index (κ2) is 11.6. The number of rotatable bonds is 7. The van der Waals surface area contributed by atoms with Gasteiger partial charge in [0.2, 0.25) is 0 Å². The molecular formula is C17H30IN3O. The van der Waals surface area contributed by atoms with Crippen LogP contribution in [-0.4, -0.2) is 37.6 Å². The molecule has 126 valence electrons. The molecule has 0 aromatic heterocycles. The summed E-state index contributed by atoms with van der Waals surface area (Å²) in [5, 5.41) is 3.39. The average Bonchev–Trinajstić information content (AvgIpc) is 2.46. The monoisotopic (exact) mass is 419 g/mol. The highest BCUT2D eigenvalue weighted by Gasteiger charge is 2.05. The van der Waals surface area contributed by atoms with Crippen LogP contribution in [0, 0.1) is 0 Å². The lowest BCUT2D eigenvalue weighted by Crippen LogP contribution is -2.38. The van der Waals surface area contributed by atoms with Gasteiger partial charge >= 0.3 is 0 Å². The van der Waals surface area contributed by atoms with Crippen molar-refractivity contribution in [2.24, 2.45) is 4.99 Å². The fourth-order valence-corrected chi connectivity index (χ4v) is 2.03. The van der Waals surface area contributed by atoms with E-state index in [0.717, 1.165) is 24.8 Å². The molecule has 0 unspecified atom stereocenters. The van der Waals surface area contributed by atoms with E-state index in [0.29, 0.717) is 0 Å². The highest BCUT2D eigenvalue weighted by Crippen LogP contribution is 2.13. The van der Waals surface area contributed by atoms with Gasteiger partial charge in [0.25, 0.3) is 0 Å². The third kappa shape index (κ3) is 7.87. The molecule has 0 atom stereocenters. The van der Waals surface area contributed by atoms with Crippen LogP contribution in [0.15, 0.2) is 29.3 Å². The smallest absolute Gasteiger partial charge is 0.193 e. The van der Waals surface area contributed by atoms with Gasteiger partial charge in [0.1, 0.15) is 5.75 Å². The Morgan fingerprint density at radius 2 is 1.91 bits per heavy atom. The van der Waals surface area contributed by atoms with Gasteiger partial charge in [0.15, 0.2) is 5.96 Å². The number of benzene rings is 1. The molecule has 0 heterocycles. The van der Waals surface area contributed by atoms with Gasteiger partial charge in [0, 0.05) is 27.2 Å². The number of ether oxygens (including phenoxy) is 1. The molecule has 0 aliphatic heterocycles. The number of guanidine groups is 1. The van der Waals surface area contributed by atoms with Crippen LogP contribution in [0.5, 0.6) is 5.75 Å². The second-order valence-electron chi connectivity index (χ2n) is 5.49. The first kappa shape index (κ1) is 21.0. The molecule has 4 nitrogen and oxygen atoms in total. The van der Waals surface area contributed by atoms with Crippen LogP contribution in [0.4, 0.5) is 0 Å². The third-order valence-corrected chi connectivity index (χ3v) is 3.17. The van der Waals surface area contributed by atoms with Gasteiger partial charge in [-0.1, -0.05) is 25.5 Å². The number of hydrogen-bond donors (Lipinski definition) is 1. The highest BCUT2D eigenvalue weighted by atomic mass is 127. The lowest BCUT2D eigenvalue weighted by atomic mass is 10.2. The Kier molecular flexibility index (Phi) is 11.1. The predicted octanol–water partition coefficient (Wildman–Crippen LogP) is 3.90. The van der Waals surface area contributed by atoms with Crippen molar-refractivity contribution in [2.45, 2.75) is 46.3 Å². The van der Waals surface area contributed by atoms with Crippen LogP contribution in [0.3, 0.4) is 0 Å². The molecule has 0 saturated heterocycles. The van der Waals surface area contributed by atoms with Gasteiger partial charge in [-0.25, -0.2) is 0 Å². The molecule has 0 bridgehead atoms. The molecule has 0 radical (unpaired) electrons. The number of halogens is 1. The van der Waals surface area contributed by atoms with E-state index in [1.807, 2.05) is 33.0 Å². The van der Waals surface area contributed by atoms with Crippen molar-refractivity contribution < 1.29 is 4.74 Å². The number of unbranched alkanes of at least 4 members (excludes halogenated alkanes) is 1. The molecule has 1 aromatic carbocycles. The Morgan fingerprint density at radius 1 is 1.27 bits per heavy atom. The maximum absolute atomic E-state index is 5.65. The van der Waals surface area contributed by atoms with Crippen molar-refractivity contribution in [3.05, 3.63) is 29.8 Å². The van der Waals surface area contributed by atoms with E-state index >= 15 is 0 Å². The van der Waals surface area contributed by atoms with Crippen LogP contribution in [0.25, 0.3) is 0 Å². The molecule has 0 saturated carbocycles. The van der Waals surface area contributed by atoms with Gasteiger partial charge in [-0.3, -0.25) is 4.99 Å². The van der Waals surface area contributed by atoms with Crippen LogP contribution in [-0.2, 0) is 6.54 Å². The van der Waals surface area contributed by atoms with Crippen LogP contribution < -0.4 is 10.1 Å². The molecule has 5 heteroatoms. The summed E-state index contributed by atoms with van der Waals surface area (Å²) in [7, 11) is 3.90. The van der Waals surface area contributed by atoms with Crippen molar-refractivity contribution in [3.8, 4) is 5.75 Å². The summed E-state index contributed by atoms with van der Waals surface area (Å²) in [6.07, 6.45) is 2.58. The highest BCUT2D eigenvalue weighted by molar-refractivity contribution is 14.0. The topological polar surface area (TPSA) is 36.9 Å². The van der Waals surface area contributed by atoms with E-state index in [-0.39, 0.29) is 30.1 Å². The molecule has 1 N–H and O–H groups in total. The van der Waals surface area contributed by atoms with Crippen LogP contribution in [0.1, 0.15) is 39.2 Å². The lowest BCUT2D eigenvalue weighted by Gasteiger charge is -2.22. The van der Waals surface area contributed by atoms with Gasteiger partial charge < -0.3 is 15.0 Å². The van der Waals surface area contributed by atoms with Gasteiger partial charge in [-0.15, -0.1) is 24.0 Å². The number of hydrogen-bond acceptors (Lipinski definition) is 2. The van der Waals surface area contributed by atoms with E-state index in [9.17, 15) is 0 Å². The molecular weight excluding hydrogens is 389 g/mol. The Balaban J connectivity index is 0.00000441. The molecule has 0 aliphatic carbocycles. The summed E-state index contributed by atoms with van der Waals surface area (Å²) in [6.45, 7) is 8.06. The number of aliphatic imine (C=N–C) groups is 1. The third-order valence-electron chi connectivity index (χ3n) is 3.17. The van der Waals surface area contributed by atoms with Crippen LogP contribution >= 0.6 is 24.0 Å². The normalized spacial score (nSPS) is 11.1. The summed E-state index contributed by atoms with van der Waals surface area (Å²) >= 11 is 0. The first-order chi connectivity index (χ1) is 10.1. The molecule has 0 spiro atoms. The minimum Gasteiger partial charge on any atom is -0.491 e. The largest absolute Gasteiger partial charge is 0.491 e. The lowest BCUT2D eigenvalue weighted by molar-refractivity contribution is 0.242. The van der Waals surface area contributed by atoms with Crippen molar-refractivity contribution in [1.82, 2.24) is 10.2 Å². The Hall–Kier alpha value is -0.980. The van der Waals surface area contributed by atoms with E-state index in [1.54, 1.807) is 0 Å². The fourth-order valence-electron chi connectivity index (χ4n) is 2.03. The summed E-state index contributed by atoms with van der Waals surface area (Å²) < 4.78 is 5.65. The van der Waals surface area contributed by atoms with Gasteiger partial charge in [-0.05, 0) is 38.0 Å². The summed E-state index contributed by atoms with van der Waals surface area (Å²) in [4.78, 5) is 6.49. The summed E-state index contributed by atoms with van der Waals surface area (Å²) in [5.74, 6) is 1.85. The zero-order valence-electron chi connectivity index (χ0n) is 14.4. The summed E-state index contributed by atoms with van der Waals surface area (Å²) in [5.41, 5.74) is 1.22. The van der Waals surface area contributed by atoms with Crippen LogP contribution in [0.2, 0.25) is 0 Å².